The molecule has 35 heavy (non-hydrogen) atoms. The lowest BCUT2D eigenvalue weighted by atomic mass is 9.71. The fourth-order valence-electron chi connectivity index (χ4n) is 4.96. The zero-order chi connectivity index (χ0) is 26.9. The maximum absolute atomic E-state index is 13.4. The molecule has 0 fully saturated rings. The number of hydrogen-bond donors (Lipinski definition) is 1. The predicted octanol–water partition coefficient (Wildman–Crippen LogP) is 8.90. The average Bonchev–Trinajstić information content (AvgIpc) is 2.61. The third-order valence-corrected chi connectivity index (χ3v) is 7.75. The first-order valence-corrected chi connectivity index (χ1v) is 14.1. The molecule has 0 atom stereocenters. The van der Waals surface area contributed by atoms with Gasteiger partial charge in [-0.1, -0.05) is 102 Å². The molecule has 4 bridgehead atoms. The van der Waals surface area contributed by atoms with Crippen LogP contribution in [0.5, 0.6) is 11.5 Å². The van der Waals surface area contributed by atoms with Crippen molar-refractivity contribution in [2.75, 3.05) is 0 Å². The van der Waals surface area contributed by atoms with Gasteiger partial charge in [0.05, 0.1) is 0 Å². The summed E-state index contributed by atoms with van der Waals surface area (Å²) in [5, 5.41) is 0. The Balaban J connectivity index is 2.51. The van der Waals surface area contributed by atoms with Crippen LogP contribution in [0.15, 0.2) is 24.3 Å². The molecule has 194 valence electrons. The van der Waals surface area contributed by atoms with Crippen molar-refractivity contribution in [1.29, 1.82) is 0 Å². The molecule has 4 nitrogen and oxygen atoms in total. The summed E-state index contributed by atoms with van der Waals surface area (Å²) in [5.41, 5.74) is 5.63. The summed E-state index contributed by atoms with van der Waals surface area (Å²) in [7, 11) is -4.45. The fourth-order valence-corrected chi connectivity index (χ4v) is 5.80. The second-order valence-electron chi connectivity index (χ2n) is 14.2. The van der Waals surface area contributed by atoms with Gasteiger partial charge >= 0.3 is 7.82 Å². The maximum atomic E-state index is 13.4. The number of rotatable bonds is 0. The van der Waals surface area contributed by atoms with Gasteiger partial charge in [-0.15, -0.1) is 0 Å². The van der Waals surface area contributed by atoms with E-state index in [0.29, 0.717) is 11.5 Å². The zero-order valence-corrected chi connectivity index (χ0v) is 24.9. The van der Waals surface area contributed by atoms with E-state index in [2.05, 4.69) is 102 Å². The van der Waals surface area contributed by atoms with Gasteiger partial charge in [0, 0.05) is 17.0 Å². The van der Waals surface area contributed by atoms with Gasteiger partial charge in [-0.25, -0.2) is 4.57 Å². The van der Waals surface area contributed by atoms with Crippen LogP contribution < -0.4 is 9.05 Å². The molecule has 2 aromatic carbocycles. The Morgan fingerprint density at radius 2 is 0.886 bits per heavy atom. The van der Waals surface area contributed by atoms with Gasteiger partial charge in [-0.2, -0.15) is 0 Å². The lowest BCUT2D eigenvalue weighted by Crippen LogP contribution is -2.24. The second-order valence-corrected chi connectivity index (χ2v) is 15.5. The van der Waals surface area contributed by atoms with Crippen LogP contribution in [0.1, 0.15) is 129 Å². The molecule has 3 rings (SSSR count). The van der Waals surface area contributed by atoms with Crippen LogP contribution in [0.4, 0.5) is 0 Å². The highest BCUT2D eigenvalue weighted by atomic mass is 31.2. The van der Waals surface area contributed by atoms with Crippen molar-refractivity contribution < 1.29 is 18.5 Å². The lowest BCUT2D eigenvalue weighted by Gasteiger charge is -2.36. The number of benzene rings is 2. The van der Waals surface area contributed by atoms with Gasteiger partial charge < -0.3 is 9.05 Å². The zero-order valence-electron chi connectivity index (χ0n) is 24.0. The molecule has 5 heteroatoms. The van der Waals surface area contributed by atoms with Gasteiger partial charge in [0.1, 0.15) is 11.5 Å². The minimum atomic E-state index is -4.45. The molecule has 1 aliphatic rings. The van der Waals surface area contributed by atoms with Crippen LogP contribution in [0.3, 0.4) is 0 Å². The van der Waals surface area contributed by atoms with E-state index in [1.54, 1.807) is 0 Å². The largest absolute Gasteiger partial charge is 0.584 e. The van der Waals surface area contributed by atoms with E-state index in [4.69, 9.17) is 9.05 Å². The Morgan fingerprint density at radius 3 is 1.14 bits per heavy atom. The van der Waals surface area contributed by atoms with Gasteiger partial charge in [0.2, 0.25) is 0 Å². The Bertz CT molecular complexity index is 1090. The smallest absolute Gasteiger partial charge is 0.395 e. The number of fused-ring (bicyclic) bond motifs is 4. The summed E-state index contributed by atoms with van der Waals surface area (Å²) in [6.07, 6.45) is 0. The highest BCUT2D eigenvalue weighted by molar-refractivity contribution is 7.48. The standard InChI is InChI=1S/C30H45O4P/c1-18-19-14-25(23(29(8,9)10)16-21(19)27(2,3)4)33-35(31,32)34-26-15-20(18)22(28(5,6)7)17-24(26)30(11,12)13/h14-18H,1-13H3,(H,31,32). The summed E-state index contributed by atoms with van der Waals surface area (Å²) in [6.45, 7) is 28.1. The molecule has 1 aliphatic heterocycles. The van der Waals surface area contributed by atoms with Crippen LogP contribution in [-0.4, -0.2) is 4.89 Å². The van der Waals surface area contributed by atoms with Crippen molar-refractivity contribution >= 4 is 7.82 Å². The molecule has 0 radical (unpaired) electrons. The first-order chi connectivity index (χ1) is 15.5. The Labute approximate surface area is 213 Å². The first kappa shape index (κ1) is 27.8. The van der Waals surface area contributed by atoms with Gasteiger partial charge in [-0.05, 0) is 56.0 Å². The van der Waals surface area contributed by atoms with Crippen molar-refractivity contribution in [2.45, 2.75) is 118 Å². The Hall–Kier alpha value is -1.77. The molecule has 0 aromatic heterocycles. The van der Waals surface area contributed by atoms with Crippen LogP contribution in [0.2, 0.25) is 0 Å². The topological polar surface area (TPSA) is 55.8 Å². The molecule has 0 saturated heterocycles. The highest BCUT2D eigenvalue weighted by Crippen LogP contribution is 2.53. The average molecular weight is 501 g/mol. The van der Waals surface area contributed by atoms with Gasteiger partial charge in [-0.3, -0.25) is 4.89 Å². The van der Waals surface area contributed by atoms with Crippen molar-refractivity contribution in [1.82, 2.24) is 0 Å². The van der Waals surface area contributed by atoms with Crippen molar-refractivity contribution in [3.8, 4) is 11.5 Å². The highest BCUT2D eigenvalue weighted by Gasteiger charge is 2.37. The maximum Gasteiger partial charge on any atom is 0.584 e. The molecular formula is C30H45O4P. The summed E-state index contributed by atoms with van der Waals surface area (Å²) in [6, 6.07) is 8.30. The minimum Gasteiger partial charge on any atom is -0.395 e. The summed E-state index contributed by atoms with van der Waals surface area (Å²) in [5.74, 6) is 0.860. The number of phosphoric acid groups is 1. The molecule has 0 aliphatic carbocycles. The Kier molecular flexibility index (Phi) is 6.66. The van der Waals surface area contributed by atoms with E-state index in [0.717, 1.165) is 22.3 Å². The molecule has 1 N–H and O–H groups in total. The first-order valence-electron chi connectivity index (χ1n) is 12.6. The normalized spacial score (nSPS) is 21.3. The molecule has 0 amide bonds. The number of hydrogen-bond acceptors (Lipinski definition) is 3. The lowest BCUT2D eigenvalue weighted by molar-refractivity contribution is 0.285. The molecular weight excluding hydrogens is 455 g/mol. The number of phosphoric ester groups is 1. The van der Waals surface area contributed by atoms with E-state index in [1.165, 1.54) is 11.1 Å². The van der Waals surface area contributed by atoms with Crippen molar-refractivity contribution in [3.05, 3.63) is 57.6 Å². The minimum absolute atomic E-state index is 0.0300. The van der Waals surface area contributed by atoms with Crippen LogP contribution >= 0.6 is 7.82 Å². The fraction of sp³-hybridized carbons (Fsp3) is 0.600. The predicted molar refractivity (Wildman–Crippen MR) is 146 cm³/mol. The van der Waals surface area contributed by atoms with Crippen LogP contribution in [-0.2, 0) is 26.2 Å². The van der Waals surface area contributed by atoms with E-state index in [-0.39, 0.29) is 27.6 Å². The second kappa shape index (κ2) is 8.38. The van der Waals surface area contributed by atoms with E-state index < -0.39 is 7.82 Å². The summed E-state index contributed by atoms with van der Waals surface area (Å²) >= 11 is 0. The molecule has 0 unspecified atom stereocenters. The van der Waals surface area contributed by atoms with Gasteiger partial charge in [0.25, 0.3) is 0 Å². The van der Waals surface area contributed by atoms with Crippen molar-refractivity contribution in [2.24, 2.45) is 0 Å². The monoisotopic (exact) mass is 500 g/mol. The third kappa shape index (κ3) is 5.65. The molecule has 2 aromatic rings. The van der Waals surface area contributed by atoms with Crippen LogP contribution in [0, 0.1) is 0 Å². The molecule has 1 heterocycles. The summed E-state index contributed by atoms with van der Waals surface area (Å²) in [4.78, 5) is 10.9. The van der Waals surface area contributed by atoms with E-state index in [1.807, 2.05) is 12.1 Å². The van der Waals surface area contributed by atoms with Crippen LogP contribution in [0.25, 0.3) is 0 Å². The summed E-state index contributed by atoms with van der Waals surface area (Å²) < 4.78 is 25.1. The van der Waals surface area contributed by atoms with E-state index >= 15 is 0 Å². The third-order valence-electron chi connectivity index (χ3n) is 6.90. The van der Waals surface area contributed by atoms with E-state index in [9.17, 15) is 9.46 Å². The Morgan fingerprint density at radius 1 is 0.600 bits per heavy atom. The molecule has 0 spiro atoms. The van der Waals surface area contributed by atoms with Gasteiger partial charge in [0.15, 0.2) is 0 Å². The SMILES string of the molecule is CC1c2cc(c(C(C)(C)C)cc2C(C)(C)C)OP(=O)(O)Oc2cc1c(C(C)(C)C)cc2C(C)(C)C. The van der Waals surface area contributed by atoms with Crippen molar-refractivity contribution in [3.63, 3.8) is 0 Å². The quantitative estimate of drug-likeness (QED) is 0.367. The molecule has 0 saturated carbocycles.